The van der Waals surface area contributed by atoms with E-state index >= 15 is 0 Å². The van der Waals surface area contributed by atoms with E-state index in [1.54, 1.807) is 24.3 Å². The van der Waals surface area contributed by atoms with Gasteiger partial charge in [0.15, 0.2) is 9.84 Å². The fraction of sp³-hybridized carbons (Fsp3) is 0.600. The average Bonchev–Trinajstić information content (AvgIpc) is 2.45. The van der Waals surface area contributed by atoms with E-state index in [1.807, 2.05) is 0 Å². The number of sulfone groups is 1. The number of benzene rings is 1. The lowest BCUT2D eigenvalue weighted by Gasteiger charge is -2.26. The third-order valence-corrected chi connectivity index (χ3v) is 4.91. The van der Waals surface area contributed by atoms with Crippen LogP contribution in [0.1, 0.15) is 25.7 Å². The number of nitrogens with one attached hydrogen (secondary N) is 1. The zero-order chi connectivity index (χ0) is 15.3. The number of hydrogen-bond donors (Lipinski definition) is 2. The van der Waals surface area contributed by atoms with Crippen LogP contribution in [0.4, 0.5) is 5.69 Å². The van der Waals surface area contributed by atoms with Gasteiger partial charge in [0.1, 0.15) is 0 Å². The van der Waals surface area contributed by atoms with Crippen LogP contribution in [-0.2, 0) is 14.6 Å². The standard InChI is InChI=1S/C15H24N2O3S/c1-21(18,19)15-8-4-13(5-9-15)17-10-11-20-14-6-2-12(16)3-7-14/h4-5,8-9,12,14,17H,2-3,6-7,10-11,16H2,1H3. The highest BCUT2D eigenvalue weighted by atomic mass is 32.2. The summed E-state index contributed by atoms with van der Waals surface area (Å²) in [5.41, 5.74) is 6.76. The van der Waals surface area contributed by atoms with Gasteiger partial charge in [-0.05, 0) is 49.9 Å². The van der Waals surface area contributed by atoms with Crippen LogP contribution in [0.15, 0.2) is 29.2 Å². The van der Waals surface area contributed by atoms with Crippen LogP contribution in [0, 0.1) is 0 Å². The molecule has 0 bridgehead atoms. The van der Waals surface area contributed by atoms with Gasteiger partial charge in [0.25, 0.3) is 0 Å². The van der Waals surface area contributed by atoms with E-state index in [9.17, 15) is 8.42 Å². The lowest BCUT2D eigenvalue weighted by Crippen LogP contribution is -2.31. The zero-order valence-corrected chi connectivity index (χ0v) is 13.2. The van der Waals surface area contributed by atoms with Crippen molar-refractivity contribution >= 4 is 15.5 Å². The Kier molecular flexibility index (Phi) is 5.61. The molecule has 1 aliphatic rings. The van der Waals surface area contributed by atoms with Crippen molar-refractivity contribution in [1.82, 2.24) is 0 Å². The van der Waals surface area contributed by atoms with Gasteiger partial charge in [-0.15, -0.1) is 0 Å². The number of rotatable bonds is 6. The van der Waals surface area contributed by atoms with Crippen molar-refractivity contribution in [3.8, 4) is 0 Å². The molecule has 0 aromatic heterocycles. The largest absolute Gasteiger partial charge is 0.383 e. The summed E-state index contributed by atoms with van der Waals surface area (Å²) in [5.74, 6) is 0. The van der Waals surface area contributed by atoms with E-state index in [0.29, 0.717) is 30.2 Å². The normalized spacial score (nSPS) is 23.0. The molecule has 0 radical (unpaired) electrons. The van der Waals surface area contributed by atoms with Crippen LogP contribution >= 0.6 is 0 Å². The minimum absolute atomic E-state index is 0.333. The van der Waals surface area contributed by atoms with Crippen LogP contribution in [0.5, 0.6) is 0 Å². The van der Waals surface area contributed by atoms with Gasteiger partial charge in [0, 0.05) is 24.5 Å². The summed E-state index contributed by atoms with van der Waals surface area (Å²) in [6, 6.07) is 7.12. The van der Waals surface area contributed by atoms with Gasteiger partial charge in [0.05, 0.1) is 17.6 Å². The maximum atomic E-state index is 11.4. The highest BCUT2D eigenvalue weighted by molar-refractivity contribution is 7.90. The molecule has 21 heavy (non-hydrogen) atoms. The van der Waals surface area contributed by atoms with Gasteiger partial charge in [-0.3, -0.25) is 0 Å². The van der Waals surface area contributed by atoms with Gasteiger partial charge in [-0.2, -0.15) is 0 Å². The number of nitrogens with two attached hydrogens (primary N) is 1. The molecule has 0 atom stereocenters. The smallest absolute Gasteiger partial charge is 0.175 e. The lowest BCUT2D eigenvalue weighted by atomic mass is 9.94. The van der Waals surface area contributed by atoms with E-state index in [4.69, 9.17) is 10.5 Å². The molecule has 0 saturated heterocycles. The molecule has 0 aliphatic heterocycles. The molecule has 5 nitrogen and oxygen atoms in total. The summed E-state index contributed by atoms with van der Waals surface area (Å²) in [6.07, 6.45) is 5.73. The highest BCUT2D eigenvalue weighted by Gasteiger charge is 2.18. The van der Waals surface area contributed by atoms with Gasteiger partial charge < -0.3 is 15.8 Å². The Bertz CT molecular complexity index is 535. The van der Waals surface area contributed by atoms with Crippen molar-refractivity contribution in [3.05, 3.63) is 24.3 Å². The molecule has 3 N–H and O–H groups in total. The monoisotopic (exact) mass is 312 g/mol. The molecule has 0 unspecified atom stereocenters. The lowest BCUT2D eigenvalue weighted by molar-refractivity contribution is 0.0313. The number of anilines is 1. The van der Waals surface area contributed by atoms with E-state index in [-0.39, 0.29) is 0 Å². The predicted molar refractivity (Wildman–Crippen MR) is 84.2 cm³/mol. The maximum Gasteiger partial charge on any atom is 0.175 e. The van der Waals surface area contributed by atoms with Crippen molar-refractivity contribution < 1.29 is 13.2 Å². The van der Waals surface area contributed by atoms with Gasteiger partial charge >= 0.3 is 0 Å². The number of ether oxygens (including phenoxy) is 1. The third kappa shape index (κ3) is 5.30. The first-order valence-corrected chi connectivity index (χ1v) is 9.25. The van der Waals surface area contributed by atoms with Crippen LogP contribution in [-0.4, -0.2) is 40.0 Å². The molecule has 1 fully saturated rings. The molecular formula is C15H24N2O3S. The Morgan fingerprint density at radius 1 is 1.19 bits per heavy atom. The van der Waals surface area contributed by atoms with Gasteiger partial charge in [0.2, 0.25) is 0 Å². The summed E-state index contributed by atoms with van der Waals surface area (Å²) < 4.78 is 28.5. The molecule has 2 rings (SSSR count). The first kappa shape index (κ1) is 16.3. The molecule has 1 aromatic rings. The molecular weight excluding hydrogens is 288 g/mol. The SMILES string of the molecule is CS(=O)(=O)c1ccc(NCCOC2CCC(N)CC2)cc1. The second-order valence-electron chi connectivity index (χ2n) is 5.63. The minimum atomic E-state index is -3.13. The summed E-state index contributed by atoms with van der Waals surface area (Å²) in [7, 11) is -3.13. The Morgan fingerprint density at radius 2 is 1.81 bits per heavy atom. The first-order valence-electron chi connectivity index (χ1n) is 7.36. The third-order valence-electron chi connectivity index (χ3n) is 3.79. The van der Waals surface area contributed by atoms with Crippen LogP contribution in [0.2, 0.25) is 0 Å². The van der Waals surface area contributed by atoms with E-state index in [0.717, 1.165) is 31.4 Å². The molecule has 0 amide bonds. The van der Waals surface area contributed by atoms with Crippen molar-refractivity contribution in [2.24, 2.45) is 5.73 Å². The highest BCUT2D eigenvalue weighted by Crippen LogP contribution is 2.19. The quantitative estimate of drug-likeness (QED) is 0.783. The molecule has 1 aromatic carbocycles. The second kappa shape index (κ2) is 7.24. The maximum absolute atomic E-state index is 11.4. The molecule has 1 saturated carbocycles. The summed E-state index contributed by atoms with van der Waals surface area (Å²) in [6.45, 7) is 1.36. The molecule has 0 heterocycles. The molecule has 0 spiro atoms. The molecule has 118 valence electrons. The number of hydrogen-bond acceptors (Lipinski definition) is 5. The fourth-order valence-electron chi connectivity index (χ4n) is 2.50. The van der Waals surface area contributed by atoms with Crippen molar-refractivity contribution in [3.63, 3.8) is 0 Å². The van der Waals surface area contributed by atoms with Gasteiger partial charge in [-0.1, -0.05) is 0 Å². The van der Waals surface area contributed by atoms with Crippen LogP contribution in [0.3, 0.4) is 0 Å². The fourth-order valence-corrected chi connectivity index (χ4v) is 3.13. The minimum Gasteiger partial charge on any atom is -0.383 e. The van der Waals surface area contributed by atoms with Crippen molar-refractivity contribution in [2.75, 3.05) is 24.7 Å². The summed E-state index contributed by atoms with van der Waals surface area (Å²) in [5, 5.41) is 3.23. The van der Waals surface area contributed by atoms with Crippen molar-refractivity contribution in [2.45, 2.75) is 42.7 Å². The van der Waals surface area contributed by atoms with Gasteiger partial charge in [-0.25, -0.2) is 8.42 Å². The average molecular weight is 312 g/mol. The van der Waals surface area contributed by atoms with E-state index in [1.165, 1.54) is 6.26 Å². The summed E-state index contributed by atoms with van der Waals surface area (Å²) >= 11 is 0. The Hall–Kier alpha value is -1.11. The Labute approximate surface area is 126 Å². The molecule has 6 heteroatoms. The van der Waals surface area contributed by atoms with Crippen molar-refractivity contribution in [1.29, 1.82) is 0 Å². The van der Waals surface area contributed by atoms with Crippen LogP contribution in [0.25, 0.3) is 0 Å². The van der Waals surface area contributed by atoms with E-state index < -0.39 is 9.84 Å². The predicted octanol–water partition coefficient (Wildman–Crippen LogP) is 1.79. The van der Waals surface area contributed by atoms with Crippen LogP contribution < -0.4 is 11.1 Å². The summed E-state index contributed by atoms with van der Waals surface area (Å²) in [4.78, 5) is 0.336. The molecule has 1 aliphatic carbocycles. The van der Waals surface area contributed by atoms with E-state index in [2.05, 4.69) is 5.32 Å². The topological polar surface area (TPSA) is 81.4 Å². The first-order chi connectivity index (χ1) is 9.95. The zero-order valence-electron chi connectivity index (χ0n) is 12.4. The Morgan fingerprint density at radius 3 is 2.38 bits per heavy atom. The second-order valence-corrected chi connectivity index (χ2v) is 7.65. The Balaban J connectivity index is 1.69.